The van der Waals surface area contributed by atoms with E-state index in [1.807, 2.05) is 6.07 Å². The summed E-state index contributed by atoms with van der Waals surface area (Å²) in [4.78, 5) is 11.2. The van der Waals surface area contributed by atoms with Crippen LogP contribution in [-0.4, -0.2) is 23.7 Å². The van der Waals surface area contributed by atoms with Crippen molar-refractivity contribution in [3.8, 4) is 62.1 Å². The predicted molar refractivity (Wildman–Crippen MR) is 268 cm³/mol. The number of nitrogens with zero attached hydrogens (tertiary/aromatic N) is 5. The molecule has 3 aromatic heterocycles. The van der Waals surface area contributed by atoms with Crippen molar-refractivity contribution in [2.45, 2.75) is 26.2 Å². The molecule has 0 unspecified atom stereocenters. The summed E-state index contributed by atoms with van der Waals surface area (Å²) in [7, 11) is 0. The Bertz CT molecular complexity index is 3700. The van der Waals surface area contributed by atoms with Gasteiger partial charge in [0.25, 0.3) is 0 Å². The van der Waals surface area contributed by atoms with E-state index >= 15 is 0 Å². The molecule has 0 spiro atoms. The van der Waals surface area contributed by atoms with Gasteiger partial charge in [0, 0.05) is 22.3 Å². The summed E-state index contributed by atoms with van der Waals surface area (Å²) in [5, 5.41) is 2.29. The number of aromatic nitrogens is 5. The standard InChI is InChI=1S/C60H43N5.Pt/c1-60(2,3)44-38-42(37-43(39-44)58-61-50-30-14-19-35-55(50)63(58)51-31-15-10-25-45(51)40-21-6-4-7-22-40)47-29-20-36-56-57(47)62-59(64-53-33-17-12-27-48(53)49-28-13-18-34-54(49)64)65(56)52-32-16-11-26-46(52)41-23-8-5-9-24-41;/h4-33,35-36,38-39H,1-3H3;/q-2;+2. The summed E-state index contributed by atoms with van der Waals surface area (Å²) in [6.07, 6.45) is 0. The summed E-state index contributed by atoms with van der Waals surface area (Å²) < 4.78 is 6.93. The minimum absolute atomic E-state index is 0. The van der Waals surface area contributed by atoms with Crippen LogP contribution in [0.4, 0.5) is 0 Å². The van der Waals surface area contributed by atoms with Crippen LogP contribution in [0.15, 0.2) is 206 Å². The first-order valence-corrected chi connectivity index (χ1v) is 22.2. The molecule has 0 saturated carbocycles. The molecule has 0 aliphatic carbocycles. The molecule has 66 heavy (non-hydrogen) atoms. The fourth-order valence-electron chi connectivity index (χ4n) is 9.53. The number of imidazole rings is 2. The molecule has 0 fully saturated rings. The van der Waals surface area contributed by atoms with Gasteiger partial charge in [-0.1, -0.05) is 177 Å². The van der Waals surface area contributed by atoms with Crippen LogP contribution in [0, 0.1) is 12.1 Å². The van der Waals surface area contributed by atoms with E-state index in [4.69, 9.17) is 9.97 Å². The van der Waals surface area contributed by atoms with E-state index in [1.54, 1.807) is 0 Å². The van der Waals surface area contributed by atoms with E-state index in [9.17, 15) is 0 Å². The van der Waals surface area contributed by atoms with Crippen molar-refractivity contribution in [1.82, 2.24) is 23.7 Å². The molecule has 9 aromatic carbocycles. The predicted octanol–water partition coefficient (Wildman–Crippen LogP) is 15.0. The van der Waals surface area contributed by atoms with Crippen LogP contribution in [0.1, 0.15) is 26.3 Å². The second kappa shape index (κ2) is 16.4. The molecule has 0 radical (unpaired) electrons. The van der Waals surface area contributed by atoms with Crippen molar-refractivity contribution >= 4 is 43.9 Å². The van der Waals surface area contributed by atoms with E-state index in [-0.39, 0.29) is 26.5 Å². The smallest absolute Gasteiger partial charge is 0.324 e. The molecular formula is C60H43N5Pt. The van der Waals surface area contributed by atoms with Gasteiger partial charge in [-0.25, -0.2) is 4.98 Å². The largest absolute Gasteiger partial charge is 2.00 e. The third kappa shape index (κ3) is 6.82. The molecule has 0 N–H and O–H groups in total. The number of fused-ring (bicyclic) bond motifs is 5. The molecule has 0 aliphatic heterocycles. The van der Waals surface area contributed by atoms with Crippen molar-refractivity contribution in [2.24, 2.45) is 0 Å². The fourth-order valence-corrected chi connectivity index (χ4v) is 9.53. The van der Waals surface area contributed by atoms with E-state index in [0.29, 0.717) is 0 Å². The van der Waals surface area contributed by atoms with Crippen molar-refractivity contribution in [3.05, 3.63) is 224 Å². The number of para-hydroxylation sites is 7. The van der Waals surface area contributed by atoms with Gasteiger partial charge in [0.15, 0.2) is 0 Å². The molecule has 3 heterocycles. The maximum absolute atomic E-state index is 5.75. The summed E-state index contributed by atoms with van der Waals surface area (Å²) in [6.45, 7) is 6.82. The number of hydrogen-bond donors (Lipinski definition) is 0. The molecule has 0 saturated heterocycles. The van der Waals surface area contributed by atoms with Gasteiger partial charge in [0.2, 0.25) is 5.95 Å². The average Bonchev–Trinajstić information content (AvgIpc) is 4.04. The zero-order valence-corrected chi connectivity index (χ0v) is 39.0. The topological polar surface area (TPSA) is 40.6 Å². The van der Waals surface area contributed by atoms with Crippen LogP contribution < -0.4 is 0 Å². The minimum Gasteiger partial charge on any atom is -0.324 e. The van der Waals surface area contributed by atoms with Gasteiger partial charge in [-0.3, -0.25) is 9.55 Å². The second-order valence-corrected chi connectivity index (χ2v) is 17.7. The molecule has 0 aliphatic rings. The minimum atomic E-state index is -0.191. The van der Waals surface area contributed by atoms with Crippen LogP contribution in [0.5, 0.6) is 0 Å². The molecule has 5 nitrogen and oxygen atoms in total. The number of rotatable bonds is 7. The van der Waals surface area contributed by atoms with Gasteiger partial charge in [0.1, 0.15) is 0 Å². The Morgan fingerprint density at radius 1 is 0.455 bits per heavy atom. The Hall–Kier alpha value is -7.59. The van der Waals surface area contributed by atoms with Gasteiger partial charge in [0.05, 0.1) is 33.6 Å². The molecule has 0 atom stereocenters. The first-order chi connectivity index (χ1) is 31.9. The van der Waals surface area contributed by atoms with Crippen molar-refractivity contribution < 1.29 is 21.1 Å². The Kier molecular flexibility index (Phi) is 10.2. The zero-order valence-electron chi connectivity index (χ0n) is 36.7. The maximum Gasteiger partial charge on any atom is 2.00 e. The van der Waals surface area contributed by atoms with Gasteiger partial charge in [-0.15, -0.1) is 34.7 Å². The SMILES string of the molecule is CC(C)(C)c1cc(-c2cccc3c2nc(-n2c4[c-]cccc4c4ccccc42)n3-c2ccccc2-c2ccccc2)[c-]c(-c2nc3ccccc3n2-c2ccccc2-c2ccccc2)c1.[Pt+2]. The number of benzene rings is 9. The van der Waals surface area contributed by atoms with Gasteiger partial charge in [-0.05, 0) is 58.3 Å². The van der Waals surface area contributed by atoms with E-state index < -0.39 is 0 Å². The Balaban J connectivity index is 0.00000481. The van der Waals surface area contributed by atoms with Crippen LogP contribution in [-0.2, 0) is 26.5 Å². The first kappa shape index (κ1) is 41.1. The van der Waals surface area contributed by atoms with Crippen molar-refractivity contribution in [2.75, 3.05) is 0 Å². The average molecular weight is 1030 g/mol. The normalized spacial score (nSPS) is 11.7. The van der Waals surface area contributed by atoms with Crippen LogP contribution in [0.2, 0.25) is 0 Å². The molecule has 0 amide bonds. The summed E-state index contributed by atoms with van der Waals surface area (Å²) in [5.74, 6) is 1.62. The van der Waals surface area contributed by atoms with Crippen LogP contribution in [0.3, 0.4) is 0 Å². The Labute approximate surface area is 398 Å². The van der Waals surface area contributed by atoms with Crippen molar-refractivity contribution in [1.29, 1.82) is 0 Å². The molecule has 12 aromatic rings. The molecular weight excluding hydrogens is 986 g/mol. The monoisotopic (exact) mass is 1030 g/mol. The quantitative estimate of drug-likeness (QED) is 0.149. The zero-order chi connectivity index (χ0) is 43.6. The molecule has 0 bridgehead atoms. The van der Waals surface area contributed by atoms with Crippen molar-refractivity contribution in [3.63, 3.8) is 0 Å². The summed E-state index contributed by atoms with van der Waals surface area (Å²) >= 11 is 0. The third-order valence-corrected chi connectivity index (χ3v) is 12.6. The summed E-state index contributed by atoms with van der Waals surface area (Å²) in [5.41, 5.74) is 16.3. The number of hydrogen-bond acceptors (Lipinski definition) is 2. The first-order valence-electron chi connectivity index (χ1n) is 22.2. The summed E-state index contributed by atoms with van der Waals surface area (Å²) in [6, 6.07) is 80.4. The van der Waals surface area contributed by atoms with E-state index in [0.717, 1.165) is 106 Å². The van der Waals surface area contributed by atoms with Crippen LogP contribution >= 0.6 is 0 Å². The Morgan fingerprint density at radius 3 is 1.73 bits per heavy atom. The fraction of sp³-hybridized carbons (Fsp3) is 0.0667. The molecule has 6 heteroatoms. The van der Waals surface area contributed by atoms with E-state index in [2.05, 4.69) is 247 Å². The van der Waals surface area contributed by atoms with E-state index in [1.165, 1.54) is 5.56 Å². The maximum atomic E-state index is 5.75. The third-order valence-electron chi connectivity index (χ3n) is 12.6. The molecule has 318 valence electrons. The second-order valence-electron chi connectivity index (χ2n) is 17.7. The van der Waals surface area contributed by atoms with Gasteiger partial charge >= 0.3 is 21.1 Å². The van der Waals surface area contributed by atoms with Gasteiger partial charge in [-0.2, -0.15) is 24.3 Å². The molecule has 12 rings (SSSR count). The van der Waals surface area contributed by atoms with Gasteiger partial charge < -0.3 is 9.13 Å². The van der Waals surface area contributed by atoms with Crippen LogP contribution in [0.25, 0.3) is 106 Å². The Morgan fingerprint density at radius 2 is 1.02 bits per heavy atom.